The minimum absolute atomic E-state index is 0.000924. The molecular formula is C22H25NO6. The lowest BCUT2D eigenvalue weighted by Gasteiger charge is -2.30. The number of hydrogen-bond donors (Lipinski definition) is 1. The van der Waals surface area contributed by atoms with Gasteiger partial charge < -0.3 is 19.2 Å². The number of rotatable bonds is 5. The molecule has 1 aliphatic rings. The maximum absolute atomic E-state index is 12.6. The molecule has 1 amide bonds. The topological polar surface area (TPSA) is 97.1 Å². The Hall–Kier alpha value is -3.09. The highest BCUT2D eigenvalue weighted by molar-refractivity contribution is 6.12. The molecule has 0 bridgehead atoms. The predicted octanol–water partition coefficient (Wildman–Crippen LogP) is 3.30. The van der Waals surface area contributed by atoms with Crippen LogP contribution in [-0.4, -0.2) is 41.4 Å². The van der Waals surface area contributed by atoms with Crippen LogP contribution in [0.4, 0.5) is 0 Å². The van der Waals surface area contributed by atoms with Crippen LogP contribution in [0.1, 0.15) is 55.1 Å². The smallest absolute Gasteiger partial charge is 0.336 e. The molecular weight excluding hydrogens is 374 g/mol. The van der Waals surface area contributed by atoms with Crippen molar-refractivity contribution in [3.8, 4) is 11.5 Å². The van der Waals surface area contributed by atoms with Gasteiger partial charge in [-0.2, -0.15) is 0 Å². The van der Waals surface area contributed by atoms with Crippen LogP contribution < -0.4 is 10.4 Å². The normalized spacial score (nSPS) is 14.4. The molecule has 0 saturated carbocycles. The third-order valence-corrected chi connectivity index (χ3v) is 4.96. The number of aryl methyl sites for hydroxylation is 1. The number of hydrogen-bond acceptors (Lipinski definition) is 6. The number of aromatic hydroxyl groups is 1. The van der Waals surface area contributed by atoms with Crippen molar-refractivity contribution < 1.29 is 23.8 Å². The fourth-order valence-corrected chi connectivity index (χ4v) is 3.39. The van der Waals surface area contributed by atoms with Gasteiger partial charge in [-0.3, -0.25) is 9.59 Å². The molecule has 1 aromatic heterocycles. The second-order valence-corrected chi connectivity index (χ2v) is 7.86. The molecule has 1 aliphatic heterocycles. The van der Waals surface area contributed by atoms with Crippen molar-refractivity contribution in [2.45, 2.75) is 45.6 Å². The summed E-state index contributed by atoms with van der Waals surface area (Å²) in [7, 11) is 3.32. The number of nitrogens with zero attached hydrogens (tertiary/aromatic N) is 1. The number of ketones is 1. The summed E-state index contributed by atoms with van der Waals surface area (Å²) in [6.45, 7) is 5.38. The van der Waals surface area contributed by atoms with Gasteiger partial charge in [0.2, 0.25) is 5.91 Å². The van der Waals surface area contributed by atoms with E-state index in [1.807, 2.05) is 13.8 Å². The Bertz CT molecular complexity index is 1090. The molecule has 1 N–H and O–H groups in total. The minimum Gasteiger partial charge on any atom is -0.506 e. The lowest BCUT2D eigenvalue weighted by molar-refractivity contribution is -0.128. The molecule has 0 atom stereocenters. The fourth-order valence-electron chi connectivity index (χ4n) is 3.39. The maximum atomic E-state index is 12.6. The van der Waals surface area contributed by atoms with Gasteiger partial charge in [0.1, 0.15) is 22.7 Å². The minimum atomic E-state index is -0.657. The SMILES string of the molecule is CCC(=O)c1c(O)c2c(c3c(CCC(=O)N(C)C)cc(=O)oc13)OC(C)(C)C=C2. The quantitative estimate of drug-likeness (QED) is 0.612. The van der Waals surface area contributed by atoms with E-state index in [0.717, 1.165) is 0 Å². The van der Waals surface area contributed by atoms with Crippen LogP contribution in [0.3, 0.4) is 0 Å². The first-order chi connectivity index (χ1) is 13.6. The second-order valence-electron chi connectivity index (χ2n) is 7.86. The largest absolute Gasteiger partial charge is 0.506 e. The van der Waals surface area contributed by atoms with Crippen LogP contribution >= 0.6 is 0 Å². The molecule has 7 heteroatoms. The molecule has 0 fully saturated rings. The fraction of sp³-hybridized carbons (Fsp3) is 0.409. The standard InChI is InChI=1S/C22H25NO6/c1-6-14(24)18-19(27)13-9-10-22(2,3)29-20(13)17-12(7-8-15(25)23(4)5)11-16(26)28-21(17)18/h9-11,27H,6-8H2,1-5H3. The van der Waals surface area contributed by atoms with Crippen molar-refractivity contribution in [1.29, 1.82) is 0 Å². The van der Waals surface area contributed by atoms with E-state index in [2.05, 4.69) is 0 Å². The average molecular weight is 399 g/mol. The lowest BCUT2D eigenvalue weighted by Crippen LogP contribution is -2.28. The van der Waals surface area contributed by atoms with E-state index in [-0.39, 0.29) is 47.8 Å². The molecule has 7 nitrogen and oxygen atoms in total. The van der Waals surface area contributed by atoms with Crippen LogP contribution in [0.15, 0.2) is 21.4 Å². The van der Waals surface area contributed by atoms with Crippen LogP contribution in [0.25, 0.3) is 17.0 Å². The number of phenols is 1. The molecule has 0 radical (unpaired) electrons. The van der Waals surface area contributed by atoms with E-state index in [1.54, 1.807) is 33.2 Å². The summed E-state index contributed by atoms with van der Waals surface area (Å²) in [4.78, 5) is 38.4. The highest BCUT2D eigenvalue weighted by Gasteiger charge is 2.32. The highest BCUT2D eigenvalue weighted by atomic mass is 16.5. The van der Waals surface area contributed by atoms with Gasteiger partial charge in [-0.1, -0.05) is 6.92 Å². The van der Waals surface area contributed by atoms with Crippen molar-refractivity contribution in [3.05, 3.63) is 39.3 Å². The first-order valence-corrected chi connectivity index (χ1v) is 9.53. The van der Waals surface area contributed by atoms with Gasteiger partial charge in [0.15, 0.2) is 11.4 Å². The Kier molecular flexibility index (Phi) is 5.26. The van der Waals surface area contributed by atoms with Crippen LogP contribution in [0, 0.1) is 0 Å². The van der Waals surface area contributed by atoms with E-state index >= 15 is 0 Å². The van der Waals surface area contributed by atoms with Crippen LogP contribution in [-0.2, 0) is 11.2 Å². The molecule has 2 aromatic rings. The monoisotopic (exact) mass is 399 g/mol. The number of amides is 1. The third kappa shape index (κ3) is 3.77. The van der Waals surface area contributed by atoms with E-state index in [0.29, 0.717) is 22.3 Å². The Morgan fingerprint density at radius 1 is 1.24 bits per heavy atom. The number of phenolic OH excluding ortho intramolecular Hbond substituents is 1. The lowest BCUT2D eigenvalue weighted by atomic mass is 9.92. The number of fused-ring (bicyclic) bond motifs is 3. The zero-order valence-electron chi connectivity index (χ0n) is 17.3. The summed E-state index contributed by atoms with van der Waals surface area (Å²) in [5, 5.41) is 11.2. The number of benzene rings is 1. The van der Waals surface area contributed by atoms with Gasteiger partial charge in [-0.05, 0) is 38.0 Å². The molecule has 0 spiro atoms. The number of carbonyl (C=O) groups is 2. The predicted molar refractivity (Wildman–Crippen MR) is 110 cm³/mol. The molecule has 2 heterocycles. The Morgan fingerprint density at radius 2 is 1.93 bits per heavy atom. The van der Waals surface area contributed by atoms with Gasteiger partial charge in [0, 0.05) is 33.0 Å². The summed E-state index contributed by atoms with van der Waals surface area (Å²) in [5.41, 5.74) is -0.442. The Balaban J connectivity index is 2.36. The Labute approximate surface area is 168 Å². The van der Waals surface area contributed by atoms with Crippen molar-refractivity contribution in [2.24, 2.45) is 0 Å². The molecule has 0 unspecified atom stereocenters. The van der Waals surface area contributed by atoms with Gasteiger partial charge in [-0.15, -0.1) is 0 Å². The van der Waals surface area contributed by atoms with E-state index in [9.17, 15) is 19.5 Å². The van der Waals surface area contributed by atoms with Crippen molar-refractivity contribution in [2.75, 3.05) is 14.1 Å². The summed E-state index contributed by atoms with van der Waals surface area (Å²) >= 11 is 0. The maximum Gasteiger partial charge on any atom is 0.336 e. The van der Waals surface area contributed by atoms with Crippen molar-refractivity contribution >= 4 is 28.7 Å². The van der Waals surface area contributed by atoms with Crippen LogP contribution in [0.5, 0.6) is 11.5 Å². The number of ether oxygens (including phenoxy) is 1. The van der Waals surface area contributed by atoms with E-state index in [4.69, 9.17) is 9.15 Å². The second kappa shape index (κ2) is 7.39. The number of Topliss-reactive ketones (excluding diaryl/α,β-unsaturated/α-hetero) is 1. The first-order valence-electron chi connectivity index (χ1n) is 9.53. The zero-order chi connectivity index (χ0) is 21.5. The summed E-state index contributed by atoms with van der Waals surface area (Å²) in [6.07, 6.45) is 4.07. The average Bonchev–Trinajstić information content (AvgIpc) is 2.64. The molecule has 3 rings (SSSR count). The van der Waals surface area contributed by atoms with Crippen LogP contribution in [0.2, 0.25) is 0 Å². The van der Waals surface area contributed by atoms with Gasteiger partial charge in [-0.25, -0.2) is 4.79 Å². The van der Waals surface area contributed by atoms with Gasteiger partial charge in [0.25, 0.3) is 0 Å². The van der Waals surface area contributed by atoms with Crippen molar-refractivity contribution in [1.82, 2.24) is 4.90 Å². The third-order valence-electron chi connectivity index (χ3n) is 4.96. The summed E-state index contributed by atoms with van der Waals surface area (Å²) < 4.78 is 11.5. The van der Waals surface area contributed by atoms with Gasteiger partial charge in [0.05, 0.1) is 10.9 Å². The Morgan fingerprint density at radius 3 is 2.55 bits per heavy atom. The van der Waals surface area contributed by atoms with E-state index in [1.165, 1.54) is 11.0 Å². The molecule has 1 aromatic carbocycles. The molecule has 0 aliphatic carbocycles. The molecule has 29 heavy (non-hydrogen) atoms. The van der Waals surface area contributed by atoms with Gasteiger partial charge >= 0.3 is 5.63 Å². The molecule has 0 saturated heterocycles. The summed E-state index contributed by atoms with van der Waals surface area (Å²) in [5.74, 6) is -0.368. The highest BCUT2D eigenvalue weighted by Crippen LogP contribution is 2.46. The number of carbonyl (C=O) groups excluding carboxylic acids is 2. The first kappa shape index (κ1) is 20.6. The van der Waals surface area contributed by atoms with Crippen molar-refractivity contribution in [3.63, 3.8) is 0 Å². The zero-order valence-corrected chi connectivity index (χ0v) is 17.3. The van der Waals surface area contributed by atoms with E-state index < -0.39 is 11.2 Å². The summed E-state index contributed by atoms with van der Waals surface area (Å²) in [6, 6.07) is 1.32. The molecule has 154 valence electrons.